The van der Waals surface area contributed by atoms with Crippen LogP contribution in [-0.4, -0.2) is 47.5 Å². The van der Waals surface area contributed by atoms with E-state index in [-0.39, 0.29) is 24.5 Å². The van der Waals surface area contributed by atoms with Crippen LogP contribution in [0.1, 0.15) is 27.7 Å². The van der Waals surface area contributed by atoms with Crippen molar-refractivity contribution in [2.45, 2.75) is 58.3 Å². The van der Waals surface area contributed by atoms with Crippen LogP contribution in [0.25, 0.3) is 0 Å². The zero-order valence-electron chi connectivity index (χ0n) is 11.0. The third-order valence-corrected chi connectivity index (χ3v) is 3.20. The minimum absolute atomic E-state index is 0.0341. The zero-order chi connectivity index (χ0) is 13.2. The van der Waals surface area contributed by atoms with Crippen molar-refractivity contribution in [3.8, 4) is 0 Å². The lowest BCUT2D eigenvalue weighted by molar-refractivity contribution is -0.267. The summed E-state index contributed by atoms with van der Waals surface area (Å²) in [6.07, 6.45) is -1.83. The van der Waals surface area contributed by atoms with Crippen molar-refractivity contribution in [1.82, 2.24) is 0 Å². The first kappa shape index (κ1) is 14.9. The van der Waals surface area contributed by atoms with Gasteiger partial charge in [-0.15, -0.1) is 0 Å². The second-order valence-corrected chi connectivity index (χ2v) is 5.30. The molecule has 1 aliphatic rings. The molecule has 0 aromatic heterocycles. The number of ether oxygens (including phenoxy) is 2. The average Bonchev–Trinajstić information content (AvgIpc) is 2.23. The van der Waals surface area contributed by atoms with Gasteiger partial charge in [0.25, 0.3) is 0 Å². The van der Waals surface area contributed by atoms with Crippen LogP contribution in [0.15, 0.2) is 0 Å². The van der Waals surface area contributed by atoms with Crippen LogP contribution in [0.5, 0.6) is 0 Å². The van der Waals surface area contributed by atoms with Crippen LogP contribution in [0.3, 0.4) is 0 Å². The molecule has 1 rings (SSSR count). The molecule has 0 spiro atoms. The number of rotatable bonds is 4. The molecule has 4 N–H and O–H groups in total. The molecule has 0 aromatic rings. The van der Waals surface area contributed by atoms with Gasteiger partial charge in [0.2, 0.25) is 0 Å². The quantitative estimate of drug-likeness (QED) is 0.655. The lowest BCUT2D eigenvalue weighted by Gasteiger charge is -2.44. The van der Waals surface area contributed by atoms with Crippen molar-refractivity contribution in [3.05, 3.63) is 0 Å². The zero-order valence-corrected chi connectivity index (χ0v) is 11.0. The van der Waals surface area contributed by atoms with E-state index in [0.29, 0.717) is 0 Å². The fraction of sp³-hybridized carbons (Fsp3) is 1.00. The van der Waals surface area contributed by atoms with E-state index >= 15 is 0 Å². The summed E-state index contributed by atoms with van der Waals surface area (Å²) < 4.78 is 11.2. The summed E-state index contributed by atoms with van der Waals surface area (Å²) in [5.74, 6) is 0.0233. The molecule has 0 aliphatic carbocycles. The lowest BCUT2D eigenvalue weighted by Crippen LogP contribution is -2.61. The summed E-state index contributed by atoms with van der Waals surface area (Å²) in [6, 6.07) is -0.576. The van der Waals surface area contributed by atoms with Gasteiger partial charge in [0.1, 0.15) is 0 Å². The van der Waals surface area contributed by atoms with Gasteiger partial charge in [-0.1, -0.05) is 13.8 Å². The first-order valence-corrected chi connectivity index (χ1v) is 6.23. The fourth-order valence-electron chi connectivity index (χ4n) is 2.37. The van der Waals surface area contributed by atoms with E-state index in [2.05, 4.69) is 0 Å². The van der Waals surface area contributed by atoms with Crippen molar-refractivity contribution in [2.24, 2.45) is 17.6 Å². The Kier molecular flexibility index (Phi) is 5.34. The maximum atomic E-state index is 10.2. The fourth-order valence-corrected chi connectivity index (χ4v) is 2.37. The molecule has 5 heteroatoms. The summed E-state index contributed by atoms with van der Waals surface area (Å²) in [5.41, 5.74) is 5.93. The number of aliphatic hydroxyl groups excluding tert-OH is 2. The topological polar surface area (TPSA) is 84.9 Å². The molecule has 17 heavy (non-hydrogen) atoms. The molecule has 0 aromatic carbocycles. The Hall–Kier alpha value is -0.200. The molecule has 0 radical (unpaired) electrons. The molecule has 0 saturated carbocycles. The molecular formula is C12H25NO4. The molecule has 0 amide bonds. The SMILES string of the molecule is CC(C)OC1OC(CO)C(C(C)C)C(O)C1N. The average molecular weight is 247 g/mol. The van der Waals surface area contributed by atoms with Crippen LogP contribution in [-0.2, 0) is 9.47 Å². The van der Waals surface area contributed by atoms with Crippen molar-refractivity contribution in [1.29, 1.82) is 0 Å². The van der Waals surface area contributed by atoms with E-state index in [4.69, 9.17) is 15.2 Å². The molecule has 1 saturated heterocycles. The highest BCUT2D eigenvalue weighted by atomic mass is 16.7. The Labute approximate surface area is 103 Å². The van der Waals surface area contributed by atoms with Crippen LogP contribution >= 0.6 is 0 Å². The van der Waals surface area contributed by atoms with Gasteiger partial charge in [-0.05, 0) is 19.8 Å². The predicted molar refractivity (Wildman–Crippen MR) is 64.3 cm³/mol. The molecule has 5 unspecified atom stereocenters. The molecule has 1 fully saturated rings. The third-order valence-electron chi connectivity index (χ3n) is 3.20. The van der Waals surface area contributed by atoms with E-state index in [1.54, 1.807) is 0 Å². The number of nitrogens with two attached hydrogens (primary N) is 1. The Morgan fingerprint density at radius 1 is 1.29 bits per heavy atom. The maximum absolute atomic E-state index is 10.2. The van der Waals surface area contributed by atoms with E-state index in [9.17, 15) is 10.2 Å². The molecular weight excluding hydrogens is 222 g/mol. The summed E-state index contributed by atoms with van der Waals surface area (Å²) >= 11 is 0. The van der Waals surface area contributed by atoms with E-state index in [1.165, 1.54) is 0 Å². The van der Waals surface area contributed by atoms with Crippen molar-refractivity contribution in [2.75, 3.05) is 6.61 Å². The van der Waals surface area contributed by atoms with E-state index in [1.807, 2.05) is 27.7 Å². The maximum Gasteiger partial charge on any atom is 0.175 e. The van der Waals surface area contributed by atoms with Crippen LogP contribution in [0, 0.1) is 11.8 Å². The molecule has 5 atom stereocenters. The number of aliphatic hydroxyl groups is 2. The molecule has 1 aliphatic heterocycles. The highest BCUT2D eigenvalue weighted by Crippen LogP contribution is 2.31. The molecule has 1 heterocycles. The second kappa shape index (κ2) is 6.11. The van der Waals surface area contributed by atoms with Crippen molar-refractivity contribution >= 4 is 0 Å². The van der Waals surface area contributed by atoms with Gasteiger partial charge in [-0.3, -0.25) is 0 Å². The van der Waals surface area contributed by atoms with Gasteiger partial charge in [0.15, 0.2) is 6.29 Å². The summed E-state index contributed by atoms with van der Waals surface area (Å²) in [5, 5.41) is 19.5. The Morgan fingerprint density at radius 2 is 1.88 bits per heavy atom. The van der Waals surface area contributed by atoms with Crippen molar-refractivity contribution < 1.29 is 19.7 Å². The number of hydrogen-bond donors (Lipinski definition) is 3. The Morgan fingerprint density at radius 3 is 2.29 bits per heavy atom. The van der Waals surface area contributed by atoms with Gasteiger partial charge in [0, 0.05) is 5.92 Å². The first-order valence-electron chi connectivity index (χ1n) is 6.23. The summed E-state index contributed by atoms with van der Waals surface area (Å²) in [4.78, 5) is 0. The number of hydrogen-bond acceptors (Lipinski definition) is 5. The molecule has 0 bridgehead atoms. The monoisotopic (exact) mass is 247 g/mol. The van der Waals surface area contributed by atoms with Gasteiger partial charge in [-0.25, -0.2) is 0 Å². The summed E-state index contributed by atoms with van der Waals surface area (Å²) in [6.45, 7) is 7.59. The smallest absolute Gasteiger partial charge is 0.175 e. The van der Waals surface area contributed by atoms with Crippen molar-refractivity contribution in [3.63, 3.8) is 0 Å². The Balaban J connectivity index is 2.78. The van der Waals surface area contributed by atoms with E-state index < -0.39 is 24.5 Å². The van der Waals surface area contributed by atoms with Gasteiger partial charge >= 0.3 is 0 Å². The summed E-state index contributed by atoms with van der Waals surface area (Å²) in [7, 11) is 0. The van der Waals surface area contributed by atoms with Gasteiger partial charge < -0.3 is 25.4 Å². The lowest BCUT2D eigenvalue weighted by atomic mass is 9.80. The molecule has 5 nitrogen and oxygen atoms in total. The Bertz CT molecular complexity index is 231. The van der Waals surface area contributed by atoms with E-state index in [0.717, 1.165) is 0 Å². The molecule has 102 valence electrons. The minimum Gasteiger partial charge on any atom is -0.394 e. The minimum atomic E-state index is -0.718. The van der Waals surface area contributed by atoms with Crippen LogP contribution in [0.2, 0.25) is 0 Å². The van der Waals surface area contributed by atoms with Crippen LogP contribution < -0.4 is 5.73 Å². The van der Waals surface area contributed by atoms with Gasteiger partial charge in [-0.2, -0.15) is 0 Å². The highest BCUT2D eigenvalue weighted by molar-refractivity contribution is 4.92. The third kappa shape index (κ3) is 3.39. The largest absolute Gasteiger partial charge is 0.394 e. The highest BCUT2D eigenvalue weighted by Gasteiger charge is 2.45. The van der Waals surface area contributed by atoms with Crippen LogP contribution in [0.4, 0.5) is 0 Å². The predicted octanol–water partition coefficient (Wildman–Crippen LogP) is 0.0890. The van der Waals surface area contributed by atoms with Gasteiger partial charge in [0.05, 0.1) is 31.0 Å². The second-order valence-electron chi connectivity index (χ2n) is 5.30. The standard InChI is InChI=1S/C12H25NO4/c1-6(2)9-8(5-14)17-12(16-7(3)4)10(13)11(9)15/h6-12,14-15H,5,13H2,1-4H3. The normalized spacial score (nSPS) is 39.0. The first-order chi connectivity index (χ1) is 7.88.